The summed E-state index contributed by atoms with van der Waals surface area (Å²) in [5, 5.41) is 2.20. The summed E-state index contributed by atoms with van der Waals surface area (Å²) >= 11 is 3.34. The molecule has 4 nitrogen and oxygen atoms in total. The van der Waals surface area contributed by atoms with E-state index in [9.17, 15) is 9.59 Å². The molecule has 3 aromatic rings. The molecule has 0 spiro atoms. The summed E-state index contributed by atoms with van der Waals surface area (Å²) in [7, 11) is 0. The summed E-state index contributed by atoms with van der Waals surface area (Å²) in [4.78, 5) is 25.9. The fourth-order valence-electron chi connectivity index (χ4n) is 3.22. The molecule has 1 aliphatic heterocycles. The van der Waals surface area contributed by atoms with Gasteiger partial charge in [-0.1, -0.05) is 52.3 Å². The molecule has 0 fully saturated rings. The molecule has 5 heteroatoms. The fraction of sp³-hybridized carbons (Fsp3) is 0.143. The molecule has 0 aromatic heterocycles. The fourth-order valence-corrected chi connectivity index (χ4v) is 3.58. The maximum Gasteiger partial charge on any atom is 0.299 e. The van der Waals surface area contributed by atoms with Gasteiger partial charge in [0.1, 0.15) is 5.75 Å². The quantitative estimate of drug-likeness (QED) is 0.456. The standard InChI is InChI=1S/C21H16BrNO3/c22-15-9-10-18-17(13-15)20(24)21(25)23(18)11-4-12-26-19-8-3-6-14-5-1-2-7-16(14)19/h1-3,5-10,13H,4,11-12H2. The Morgan fingerprint density at radius 3 is 2.65 bits per heavy atom. The van der Waals surface area contributed by atoms with Gasteiger partial charge in [-0.2, -0.15) is 0 Å². The number of amides is 1. The lowest BCUT2D eigenvalue weighted by Crippen LogP contribution is -2.31. The van der Waals surface area contributed by atoms with E-state index >= 15 is 0 Å². The van der Waals surface area contributed by atoms with E-state index in [1.54, 1.807) is 12.1 Å². The first kappa shape index (κ1) is 16.8. The molecule has 1 aliphatic rings. The number of anilines is 1. The highest BCUT2D eigenvalue weighted by Gasteiger charge is 2.35. The van der Waals surface area contributed by atoms with Crippen LogP contribution in [0.25, 0.3) is 10.8 Å². The molecule has 0 unspecified atom stereocenters. The normalized spacial score (nSPS) is 13.3. The number of halogens is 1. The number of ketones is 1. The molecular formula is C21H16BrNO3. The molecule has 0 saturated carbocycles. The number of hydrogen-bond acceptors (Lipinski definition) is 3. The van der Waals surface area contributed by atoms with E-state index in [4.69, 9.17) is 4.74 Å². The molecule has 0 N–H and O–H groups in total. The van der Waals surface area contributed by atoms with E-state index < -0.39 is 11.7 Å². The van der Waals surface area contributed by atoms with Gasteiger partial charge in [0.25, 0.3) is 11.7 Å². The van der Waals surface area contributed by atoms with E-state index in [-0.39, 0.29) is 0 Å². The largest absolute Gasteiger partial charge is 0.493 e. The molecule has 1 heterocycles. The van der Waals surface area contributed by atoms with Crippen LogP contribution in [0.3, 0.4) is 0 Å². The van der Waals surface area contributed by atoms with Crippen molar-refractivity contribution in [1.29, 1.82) is 0 Å². The zero-order valence-electron chi connectivity index (χ0n) is 13.9. The number of nitrogens with zero attached hydrogens (tertiary/aromatic N) is 1. The monoisotopic (exact) mass is 409 g/mol. The summed E-state index contributed by atoms with van der Waals surface area (Å²) in [6.07, 6.45) is 0.637. The van der Waals surface area contributed by atoms with Crippen LogP contribution in [-0.2, 0) is 4.79 Å². The van der Waals surface area contributed by atoms with Crippen LogP contribution in [-0.4, -0.2) is 24.8 Å². The Labute approximate surface area is 159 Å². The predicted molar refractivity (Wildman–Crippen MR) is 105 cm³/mol. The number of hydrogen-bond donors (Lipinski definition) is 0. The SMILES string of the molecule is O=C1C(=O)N(CCCOc2cccc3ccccc23)c2ccc(Br)cc21. The van der Waals surface area contributed by atoms with Crippen LogP contribution in [0, 0.1) is 0 Å². The topological polar surface area (TPSA) is 46.6 Å². The van der Waals surface area contributed by atoms with Gasteiger partial charge in [0.05, 0.1) is 17.9 Å². The second kappa shape index (κ2) is 6.92. The van der Waals surface area contributed by atoms with Gasteiger partial charge in [-0.15, -0.1) is 0 Å². The summed E-state index contributed by atoms with van der Waals surface area (Å²) in [6, 6.07) is 19.4. The maximum absolute atomic E-state index is 12.2. The van der Waals surface area contributed by atoms with Crippen LogP contribution >= 0.6 is 15.9 Å². The smallest absolute Gasteiger partial charge is 0.299 e. The van der Waals surface area contributed by atoms with E-state index in [0.717, 1.165) is 21.0 Å². The van der Waals surface area contributed by atoms with Crippen LogP contribution < -0.4 is 9.64 Å². The molecule has 3 aromatic carbocycles. The highest BCUT2D eigenvalue weighted by atomic mass is 79.9. The number of fused-ring (bicyclic) bond motifs is 2. The van der Waals surface area contributed by atoms with Crippen molar-refractivity contribution in [2.24, 2.45) is 0 Å². The van der Waals surface area contributed by atoms with Gasteiger partial charge in [-0.25, -0.2) is 0 Å². The molecule has 0 aliphatic carbocycles. The molecule has 130 valence electrons. The Bertz CT molecular complexity index is 1010. The molecular weight excluding hydrogens is 394 g/mol. The van der Waals surface area contributed by atoms with Gasteiger partial charge in [-0.05, 0) is 36.1 Å². The summed E-state index contributed by atoms with van der Waals surface area (Å²) in [6.45, 7) is 0.918. The molecule has 1 amide bonds. The second-order valence-corrected chi connectivity index (χ2v) is 7.04. The number of ether oxygens (including phenoxy) is 1. The Balaban J connectivity index is 1.43. The van der Waals surface area contributed by atoms with Crippen LogP contribution in [0.1, 0.15) is 16.8 Å². The van der Waals surface area contributed by atoms with E-state index in [0.29, 0.717) is 30.8 Å². The van der Waals surface area contributed by atoms with Gasteiger partial charge in [0.15, 0.2) is 0 Å². The molecule has 0 bridgehead atoms. The Morgan fingerprint density at radius 1 is 0.962 bits per heavy atom. The van der Waals surface area contributed by atoms with Crippen molar-refractivity contribution < 1.29 is 14.3 Å². The maximum atomic E-state index is 12.2. The average Bonchev–Trinajstić information content (AvgIpc) is 2.89. The minimum absolute atomic E-state index is 0.448. The van der Waals surface area contributed by atoms with Crippen molar-refractivity contribution in [3.05, 3.63) is 70.7 Å². The van der Waals surface area contributed by atoms with Crippen molar-refractivity contribution in [2.45, 2.75) is 6.42 Å². The number of rotatable bonds is 5. The highest BCUT2D eigenvalue weighted by molar-refractivity contribution is 9.10. The van der Waals surface area contributed by atoms with Gasteiger partial charge in [0.2, 0.25) is 0 Å². The van der Waals surface area contributed by atoms with Crippen molar-refractivity contribution in [3.63, 3.8) is 0 Å². The Hall–Kier alpha value is -2.66. The molecule has 4 rings (SSSR count). The minimum atomic E-state index is -0.469. The van der Waals surface area contributed by atoms with E-state index in [2.05, 4.69) is 15.9 Å². The Morgan fingerprint density at radius 2 is 1.77 bits per heavy atom. The average molecular weight is 410 g/mol. The third kappa shape index (κ3) is 2.99. The lowest BCUT2D eigenvalue weighted by Gasteiger charge is -2.17. The van der Waals surface area contributed by atoms with Crippen LogP contribution in [0.4, 0.5) is 5.69 Å². The van der Waals surface area contributed by atoms with Crippen molar-refractivity contribution in [2.75, 3.05) is 18.1 Å². The zero-order chi connectivity index (χ0) is 18.1. The number of Topliss-reactive ketones (excluding diaryl/α,β-unsaturated/α-hetero) is 1. The number of benzene rings is 3. The third-order valence-electron chi connectivity index (χ3n) is 4.47. The van der Waals surface area contributed by atoms with Crippen LogP contribution in [0.15, 0.2) is 65.1 Å². The highest BCUT2D eigenvalue weighted by Crippen LogP contribution is 2.31. The number of carbonyl (C=O) groups is 2. The lowest BCUT2D eigenvalue weighted by molar-refractivity contribution is -0.114. The summed E-state index contributed by atoms with van der Waals surface area (Å²) < 4.78 is 6.71. The van der Waals surface area contributed by atoms with Gasteiger partial charge < -0.3 is 9.64 Å². The first-order chi connectivity index (χ1) is 12.6. The van der Waals surface area contributed by atoms with Crippen molar-refractivity contribution in [1.82, 2.24) is 0 Å². The van der Waals surface area contributed by atoms with Gasteiger partial charge >= 0.3 is 0 Å². The lowest BCUT2D eigenvalue weighted by atomic mass is 10.1. The summed E-state index contributed by atoms with van der Waals surface area (Å²) in [5.74, 6) is -0.0872. The van der Waals surface area contributed by atoms with E-state index in [1.807, 2.05) is 48.5 Å². The number of carbonyl (C=O) groups excluding carboxylic acids is 2. The third-order valence-corrected chi connectivity index (χ3v) is 4.96. The van der Waals surface area contributed by atoms with Crippen molar-refractivity contribution >= 4 is 44.1 Å². The zero-order valence-corrected chi connectivity index (χ0v) is 15.5. The minimum Gasteiger partial charge on any atom is -0.493 e. The first-order valence-electron chi connectivity index (χ1n) is 8.41. The molecule has 0 radical (unpaired) electrons. The second-order valence-electron chi connectivity index (χ2n) is 6.13. The molecule has 0 atom stereocenters. The first-order valence-corrected chi connectivity index (χ1v) is 9.21. The molecule has 0 saturated heterocycles. The summed E-state index contributed by atoms with van der Waals surface area (Å²) in [5.41, 5.74) is 1.13. The van der Waals surface area contributed by atoms with Crippen LogP contribution in [0.2, 0.25) is 0 Å². The van der Waals surface area contributed by atoms with Gasteiger partial charge in [0, 0.05) is 16.4 Å². The molecule has 26 heavy (non-hydrogen) atoms. The predicted octanol–water partition coefficient (Wildman–Crippen LogP) is 4.60. The van der Waals surface area contributed by atoms with E-state index in [1.165, 1.54) is 4.90 Å². The Kier molecular flexibility index (Phi) is 4.47. The van der Waals surface area contributed by atoms with Crippen LogP contribution in [0.5, 0.6) is 5.75 Å². The van der Waals surface area contributed by atoms with Crippen molar-refractivity contribution in [3.8, 4) is 5.75 Å². The van der Waals surface area contributed by atoms with Gasteiger partial charge in [-0.3, -0.25) is 9.59 Å².